The van der Waals surface area contributed by atoms with Crippen molar-refractivity contribution in [3.8, 4) is 0 Å². The van der Waals surface area contributed by atoms with E-state index in [-0.39, 0.29) is 0 Å². The van der Waals surface area contributed by atoms with Gasteiger partial charge in [0.2, 0.25) is 0 Å². The van der Waals surface area contributed by atoms with Crippen molar-refractivity contribution >= 4 is 0 Å². The Bertz CT molecular complexity index is 108. The van der Waals surface area contributed by atoms with Crippen LogP contribution in [0.3, 0.4) is 0 Å². The molecule has 0 bridgehead atoms. The Kier molecular flexibility index (Phi) is 7.68. The second-order valence-electron chi connectivity index (χ2n) is 2.84. The number of rotatable bonds is 1. The zero-order valence-electron chi connectivity index (χ0n) is 7.86. The third kappa shape index (κ3) is 26.7. The van der Waals surface area contributed by atoms with Gasteiger partial charge in [-0.15, -0.1) is 6.58 Å². The fourth-order valence-electron chi connectivity index (χ4n) is 0. The van der Waals surface area contributed by atoms with Crippen molar-refractivity contribution in [3.05, 3.63) is 24.4 Å². The van der Waals surface area contributed by atoms with E-state index in [2.05, 4.69) is 13.2 Å². The maximum absolute atomic E-state index is 3.68. The van der Waals surface area contributed by atoms with Gasteiger partial charge in [-0.25, -0.2) is 0 Å². The summed E-state index contributed by atoms with van der Waals surface area (Å²) in [6.45, 7) is 13.2. The topological polar surface area (TPSA) is 3.24 Å². The number of hydrogen-bond acceptors (Lipinski definition) is 1. The standard InChI is InChI=1S/C5H11N.C4H8/c1-5(2)6(3)4;1-4(2)3/h1H2,2-4H3;1H2,2-3H3. The Morgan fingerprint density at radius 2 is 1.10 bits per heavy atom. The first-order valence-corrected chi connectivity index (χ1v) is 3.33. The van der Waals surface area contributed by atoms with E-state index in [0.717, 1.165) is 5.70 Å². The Morgan fingerprint density at radius 1 is 1.00 bits per heavy atom. The fourth-order valence-corrected chi connectivity index (χ4v) is 0. The van der Waals surface area contributed by atoms with Crippen LogP contribution >= 0.6 is 0 Å². The van der Waals surface area contributed by atoms with Crippen LogP contribution in [-0.4, -0.2) is 19.0 Å². The monoisotopic (exact) mass is 141 g/mol. The lowest BCUT2D eigenvalue weighted by Crippen LogP contribution is -2.05. The third-order valence-electron chi connectivity index (χ3n) is 0.763. The number of nitrogens with zero attached hydrogens (tertiary/aromatic N) is 1. The summed E-state index contributed by atoms with van der Waals surface area (Å²) in [4.78, 5) is 1.97. The molecule has 0 aliphatic rings. The van der Waals surface area contributed by atoms with Gasteiger partial charge in [0.25, 0.3) is 0 Å². The molecule has 60 valence electrons. The van der Waals surface area contributed by atoms with Gasteiger partial charge >= 0.3 is 0 Å². The summed E-state index contributed by atoms with van der Waals surface area (Å²) in [5.74, 6) is 0. The van der Waals surface area contributed by atoms with E-state index in [9.17, 15) is 0 Å². The molecule has 0 radical (unpaired) electrons. The average molecular weight is 141 g/mol. The molecule has 0 atom stereocenters. The van der Waals surface area contributed by atoms with E-state index in [4.69, 9.17) is 0 Å². The molecule has 0 aliphatic heterocycles. The van der Waals surface area contributed by atoms with Crippen LogP contribution in [-0.2, 0) is 0 Å². The van der Waals surface area contributed by atoms with Crippen molar-refractivity contribution in [2.45, 2.75) is 20.8 Å². The summed E-state index contributed by atoms with van der Waals surface area (Å²) in [5, 5.41) is 0. The fraction of sp³-hybridized carbons (Fsp3) is 0.556. The number of hydrogen-bond donors (Lipinski definition) is 0. The quantitative estimate of drug-likeness (QED) is 0.507. The molecule has 0 N–H and O–H groups in total. The van der Waals surface area contributed by atoms with E-state index < -0.39 is 0 Å². The Balaban J connectivity index is 0. The summed E-state index contributed by atoms with van der Waals surface area (Å²) in [7, 11) is 3.95. The van der Waals surface area contributed by atoms with E-state index in [0.29, 0.717) is 0 Å². The summed E-state index contributed by atoms with van der Waals surface area (Å²) in [6, 6.07) is 0. The van der Waals surface area contributed by atoms with Crippen molar-refractivity contribution < 1.29 is 0 Å². The lowest BCUT2D eigenvalue weighted by Gasteiger charge is -2.08. The minimum absolute atomic E-state index is 1.09. The van der Waals surface area contributed by atoms with Gasteiger partial charge in [0.05, 0.1) is 0 Å². The molecule has 0 aromatic rings. The zero-order valence-corrected chi connectivity index (χ0v) is 7.86. The molecule has 0 aromatic heterocycles. The van der Waals surface area contributed by atoms with Gasteiger partial charge in [-0.2, -0.15) is 0 Å². The Hall–Kier alpha value is -0.720. The van der Waals surface area contributed by atoms with Crippen LogP contribution in [0, 0.1) is 0 Å². The Labute approximate surface area is 65.0 Å². The van der Waals surface area contributed by atoms with Gasteiger partial charge in [0.15, 0.2) is 0 Å². The van der Waals surface area contributed by atoms with Gasteiger partial charge < -0.3 is 4.90 Å². The Morgan fingerprint density at radius 3 is 1.10 bits per heavy atom. The predicted octanol–water partition coefficient (Wildman–Crippen LogP) is 2.66. The van der Waals surface area contributed by atoms with Crippen molar-refractivity contribution in [1.29, 1.82) is 0 Å². The summed E-state index contributed by atoms with van der Waals surface area (Å²) >= 11 is 0. The summed E-state index contributed by atoms with van der Waals surface area (Å²) < 4.78 is 0. The molecule has 0 saturated heterocycles. The first-order chi connectivity index (χ1) is 4.37. The molecular formula is C9H19N. The average Bonchev–Trinajstić information content (AvgIpc) is 1.63. The smallest absolute Gasteiger partial charge is 0.00578 e. The van der Waals surface area contributed by atoms with Crippen LogP contribution in [0.25, 0.3) is 0 Å². The van der Waals surface area contributed by atoms with Crippen LogP contribution in [0.15, 0.2) is 24.4 Å². The molecule has 0 saturated carbocycles. The zero-order chi connectivity index (χ0) is 8.73. The van der Waals surface area contributed by atoms with Crippen LogP contribution in [0.1, 0.15) is 20.8 Å². The molecule has 0 heterocycles. The van der Waals surface area contributed by atoms with Crippen LogP contribution in [0.4, 0.5) is 0 Å². The van der Waals surface area contributed by atoms with Crippen molar-refractivity contribution in [1.82, 2.24) is 4.90 Å². The first-order valence-electron chi connectivity index (χ1n) is 3.33. The number of allylic oxidation sites excluding steroid dienone is 2. The maximum Gasteiger partial charge on any atom is 0.00578 e. The van der Waals surface area contributed by atoms with E-state index >= 15 is 0 Å². The minimum atomic E-state index is 1.09. The summed E-state index contributed by atoms with van der Waals surface area (Å²) in [6.07, 6.45) is 0. The molecule has 10 heavy (non-hydrogen) atoms. The second kappa shape index (κ2) is 6.40. The van der Waals surface area contributed by atoms with Crippen LogP contribution < -0.4 is 0 Å². The van der Waals surface area contributed by atoms with Crippen molar-refractivity contribution in [2.24, 2.45) is 0 Å². The highest BCUT2D eigenvalue weighted by Gasteiger charge is 1.79. The molecule has 1 nitrogen and oxygen atoms in total. The SMILES string of the molecule is C=C(C)C.C=C(C)N(C)C. The highest BCUT2D eigenvalue weighted by Crippen LogP contribution is 1.86. The lowest BCUT2D eigenvalue weighted by atomic mass is 10.4. The molecular weight excluding hydrogens is 122 g/mol. The van der Waals surface area contributed by atoms with Gasteiger partial charge in [0.1, 0.15) is 0 Å². The van der Waals surface area contributed by atoms with Crippen molar-refractivity contribution in [3.63, 3.8) is 0 Å². The first kappa shape index (κ1) is 12.0. The maximum atomic E-state index is 3.68. The molecule has 0 rings (SSSR count). The van der Waals surface area contributed by atoms with Gasteiger partial charge in [-0.1, -0.05) is 12.2 Å². The normalized spacial score (nSPS) is 7.30. The molecule has 0 fully saturated rings. The molecule has 1 heteroatoms. The second-order valence-corrected chi connectivity index (χ2v) is 2.84. The van der Waals surface area contributed by atoms with Gasteiger partial charge in [-0.3, -0.25) is 0 Å². The van der Waals surface area contributed by atoms with E-state index in [1.807, 2.05) is 39.8 Å². The van der Waals surface area contributed by atoms with Gasteiger partial charge in [0, 0.05) is 19.8 Å². The third-order valence-corrected chi connectivity index (χ3v) is 0.763. The van der Waals surface area contributed by atoms with Gasteiger partial charge in [-0.05, 0) is 20.8 Å². The van der Waals surface area contributed by atoms with E-state index in [1.165, 1.54) is 5.57 Å². The highest BCUT2D eigenvalue weighted by molar-refractivity contribution is 4.82. The highest BCUT2D eigenvalue weighted by atomic mass is 15.1. The van der Waals surface area contributed by atoms with E-state index in [1.54, 1.807) is 0 Å². The van der Waals surface area contributed by atoms with Crippen LogP contribution in [0.5, 0.6) is 0 Å². The molecule has 0 aliphatic carbocycles. The van der Waals surface area contributed by atoms with Crippen molar-refractivity contribution in [2.75, 3.05) is 14.1 Å². The molecule has 0 unspecified atom stereocenters. The predicted molar refractivity (Wildman–Crippen MR) is 49.0 cm³/mol. The molecule has 0 spiro atoms. The minimum Gasteiger partial charge on any atom is -0.382 e. The molecule has 0 amide bonds. The molecule has 0 aromatic carbocycles. The lowest BCUT2D eigenvalue weighted by molar-refractivity contribution is 0.516. The van der Waals surface area contributed by atoms with Crippen LogP contribution in [0.2, 0.25) is 0 Å². The summed E-state index contributed by atoms with van der Waals surface area (Å²) in [5.41, 5.74) is 2.26. The largest absolute Gasteiger partial charge is 0.382 e.